The summed E-state index contributed by atoms with van der Waals surface area (Å²) < 4.78 is 38.8. The van der Waals surface area contributed by atoms with Gasteiger partial charge in [-0.3, -0.25) is 0 Å². The molecule has 0 heterocycles. The van der Waals surface area contributed by atoms with Crippen molar-refractivity contribution in [3.8, 4) is 0 Å². The molecule has 0 radical (unpaired) electrons. The Hall–Kier alpha value is -1.81. The van der Waals surface area contributed by atoms with Crippen molar-refractivity contribution in [1.82, 2.24) is 0 Å². The average Bonchev–Trinajstić information content (AvgIpc) is 2.93. The van der Waals surface area contributed by atoms with E-state index in [0.717, 1.165) is 30.9 Å². The summed E-state index contributed by atoms with van der Waals surface area (Å²) in [7, 11) is 0. The summed E-state index contributed by atoms with van der Waals surface area (Å²) in [5.41, 5.74) is 3.86. The Labute approximate surface area is 127 Å². The van der Waals surface area contributed by atoms with E-state index in [4.69, 9.17) is 0 Å². The van der Waals surface area contributed by atoms with E-state index in [1.807, 2.05) is 6.07 Å². The van der Waals surface area contributed by atoms with Crippen LogP contribution in [-0.2, 0) is 32.0 Å². The van der Waals surface area contributed by atoms with Crippen LogP contribution in [0.25, 0.3) is 0 Å². The first-order chi connectivity index (χ1) is 10.5. The topological polar surface area (TPSA) is 20.2 Å². The van der Waals surface area contributed by atoms with E-state index in [9.17, 15) is 18.3 Å². The van der Waals surface area contributed by atoms with Gasteiger partial charge in [-0.05, 0) is 65.6 Å². The second-order valence-electron chi connectivity index (χ2n) is 5.83. The Morgan fingerprint density at radius 3 is 2.32 bits per heavy atom. The SMILES string of the molecule is OCc1cc(Cc2ccc3c(c2)CCC3)cc(C(F)(F)F)c1. The molecule has 1 N–H and O–H groups in total. The van der Waals surface area contributed by atoms with Crippen molar-refractivity contribution < 1.29 is 18.3 Å². The number of halogens is 3. The smallest absolute Gasteiger partial charge is 0.392 e. The van der Waals surface area contributed by atoms with Gasteiger partial charge in [-0.1, -0.05) is 24.3 Å². The minimum absolute atomic E-state index is 0.297. The van der Waals surface area contributed by atoms with Crippen molar-refractivity contribution in [3.63, 3.8) is 0 Å². The van der Waals surface area contributed by atoms with Crippen LogP contribution in [0.4, 0.5) is 13.2 Å². The third-order valence-electron chi connectivity index (χ3n) is 4.13. The van der Waals surface area contributed by atoms with E-state index in [2.05, 4.69) is 12.1 Å². The Balaban J connectivity index is 1.91. The summed E-state index contributed by atoms with van der Waals surface area (Å²) in [5, 5.41) is 9.18. The summed E-state index contributed by atoms with van der Waals surface area (Å²) in [6.07, 6.45) is -0.652. The van der Waals surface area contributed by atoms with Gasteiger partial charge in [0.15, 0.2) is 0 Å². The summed E-state index contributed by atoms with van der Waals surface area (Å²) >= 11 is 0. The first-order valence-corrected chi connectivity index (χ1v) is 7.37. The number of benzene rings is 2. The van der Waals surface area contributed by atoms with Crippen molar-refractivity contribution >= 4 is 0 Å². The van der Waals surface area contributed by atoms with Crippen LogP contribution in [0.1, 0.15) is 39.8 Å². The largest absolute Gasteiger partial charge is 0.416 e. The Kier molecular flexibility index (Phi) is 3.96. The van der Waals surface area contributed by atoms with E-state index in [1.165, 1.54) is 17.2 Å². The maximum atomic E-state index is 12.9. The number of rotatable bonds is 3. The van der Waals surface area contributed by atoms with Crippen molar-refractivity contribution in [1.29, 1.82) is 0 Å². The molecule has 3 rings (SSSR count). The molecule has 0 saturated carbocycles. The van der Waals surface area contributed by atoms with Gasteiger partial charge >= 0.3 is 6.18 Å². The van der Waals surface area contributed by atoms with Crippen molar-refractivity contribution in [2.75, 3.05) is 0 Å². The predicted molar refractivity (Wildman–Crippen MR) is 78.6 cm³/mol. The van der Waals surface area contributed by atoms with Crippen LogP contribution in [0.3, 0.4) is 0 Å². The first kappa shape index (κ1) is 15.1. The normalized spacial score (nSPS) is 14.2. The molecule has 0 spiro atoms. The molecule has 1 nitrogen and oxygen atoms in total. The fourth-order valence-corrected chi connectivity index (χ4v) is 3.09. The number of hydrogen-bond donors (Lipinski definition) is 1. The fourth-order valence-electron chi connectivity index (χ4n) is 3.09. The predicted octanol–water partition coefficient (Wildman–Crippen LogP) is 4.28. The van der Waals surface area contributed by atoms with Crippen LogP contribution in [0, 0.1) is 0 Å². The number of alkyl halides is 3. The molecule has 0 amide bonds. The molecule has 2 aromatic carbocycles. The molecule has 0 fully saturated rings. The van der Waals surface area contributed by atoms with Gasteiger partial charge in [-0.25, -0.2) is 0 Å². The lowest BCUT2D eigenvalue weighted by Gasteiger charge is -2.12. The Bertz CT molecular complexity index is 689. The lowest BCUT2D eigenvalue weighted by atomic mass is 9.97. The average molecular weight is 306 g/mol. The number of aliphatic hydroxyl groups is 1. The van der Waals surface area contributed by atoms with Crippen molar-refractivity contribution in [2.45, 2.75) is 38.5 Å². The maximum absolute atomic E-state index is 12.9. The Morgan fingerprint density at radius 2 is 1.59 bits per heavy atom. The van der Waals surface area contributed by atoms with E-state index in [1.54, 1.807) is 6.07 Å². The van der Waals surface area contributed by atoms with Gasteiger partial charge in [0.05, 0.1) is 12.2 Å². The van der Waals surface area contributed by atoms with Crippen LogP contribution in [-0.4, -0.2) is 5.11 Å². The zero-order chi connectivity index (χ0) is 15.7. The van der Waals surface area contributed by atoms with Crippen LogP contribution < -0.4 is 0 Å². The number of aryl methyl sites for hydroxylation is 2. The molecule has 4 heteroatoms. The summed E-state index contributed by atoms with van der Waals surface area (Å²) in [4.78, 5) is 0. The Morgan fingerprint density at radius 1 is 0.864 bits per heavy atom. The molecule has 0 atom stereocenters. The monoisotopic (exact) mass is 306 g/mol. The summed E-state index contributed by atoms with van der Waals surface area (Å²) in [6, 6.07) is 9.99. The minimum atomic E-state index is -4.39. The molecule has 1 aliphatic rings. The van der Waals surface area contributed by atoms with Crippen LogP contribution >= 0.6 is 0 Å². The zero-order valence-electron chi connectivity index (χ0n) is 12.1. The number of fused-ring (bicyclic) bond motifs is 1. The zero-order valence-corrected chi connectivity index (χ0v) is 12.1. The van der Waals surface area contributed by atoms with Crippen molar-refractivity contribution in [2.24, 2.45) is 0 Å². The van der Waals surface area contributed by atoms with E-state index >= 15 is 0 Å². The highest BCUT2D eigenvalue weighted by molar-refractivity contribution is 5.39. The third kappa shape index (κ3) is 3.17. The second-order valence-corrected chi connectivity index (χ2v) is 5.83. The van der Waals surface area contributed by atoms with Gasteiger partial charge in [-0.2, -0.15) is 13.2 Å². The molecule has 0 unspecified atom stereocenters. The lowest BCUT2D eigenvalue weighted by molar-refractivity contribution is -0.137. The molecule has 2 aromatic rings. The van der Waals surface area contributed by atoms with Gasteiger partial charge in [0.25, 0.3) is 0 Å². The molecule has 0 aromatic heterocycles. The fraction of sp³-hybridized carbons (Fsp3) is 0.333. The maximum Gasteiger partial charge on any atom is 0.416 e. The van der Waals surface area contributed by atoms with Gasteiger partial charge in [0, 0.05) is 0 Å². The van der Waals surface area contributed by atoms with E-state index in [-0.39, 0.29) is 6.61 Å². The second kappa shape index (κ2) is 5.76. The number of aliphatic hydroxyl groups excluding tert-OH is 1. The highest BCUT2D eigenvalue weighted by Crippen LogP contribution is 2.31. The highest BCUT2D eigenvalue weighted by atomic mass is 19.4. The van der Waals surface area contributed by atoms with Crippen LogP contribution in [0.2, 0.25) is 0 Å². The lowest BCUT2D eigenvalue weighted by Crippen LogP contribution is -2.07. The minimum Gasteiger partial charge on any atom is -0.392 e. The number of hydrogen-bond acceptors (Lipinski definition) is 1. The highest BCUT2D eigenvalue weighted by Gasteiger charge is 2.31. The standard InChI is InChI=1S/C18H17F3O/c19-18(20,21)17-9-13(7-14(10-17)11-22)6-12-4-5-15-2-1-3-16(15)8-12/h4-5,7-10,22H,1-3,6,11H2. The van der Waals surface area contributed by atoms with Gasteiger partial charge in [0.2, 0.25) is 0 Å². The van der Waals surface area contributed by atoms with E-state index in [0.29, 0.717) is 17.5 Å². The molecule has 0 saturated heterocycles. The van der Waals surface area contributed by atoms with Gasteiger partial charge in [-0.15, -0.1) is 0 Å². The molecule has 116 valence electrons. The van der Waals surface area contributed by atoms with Crippen LogP contribution in [0.15, 0.2) is 36.4 Å². The van der Waals surface area contributed by atoms with Gasteiger partial charge < -0.3 is 5.11 Å². The molecular weight excluding hydrogens is 289 g/mol. The molecule has 1 aliphatic carbocycles. The summed E-state index contributed by atoms with van der Waals surface area (Å²) in [6.45, 7) is -0.388. The molecule has 22 heavy (non-hydrogen) atoms. The quantitative estimate of drug-likeness (QED) is 0.897. The van der Waals surface area contributed by atoms with E-state index < -0.39 is 11.7 Å². The van der Waals surface area contributed by atoms with Gasteiger partial charge in [0.1, 0.15) is 0 Å². The molecular formula is C18H17F3O. The van der Waals surface area contributed by atoms with Crippen LogP contribution in [0.5, 0.6) is 0 Å². The first-order valence-electron chi connectivity index (χ1n) is 7.37. The summed E-state index contributed by atoms with van der Waals surface area (Å²) in [5.74, 6) is 0. The molecule has 0 bridgehead atoms. The molecule has 0 aliphatic heterocycles. The third-order valence-corrected chi connectivity index (χ3v) is 4.13. The van der Waals surface area contributed by atoms with Crippen molar-refractivity contribution in [3.05, 3.63) is 69.8 Å².